The fourth-order valence-electron chi connectivity index (χ4n) is 5.72. The lowest BCUT2D eigenvalue weighted by molar-refractivity contribution is -0.231. The van der Waals surface area contributed by atoms with E-state index >= 15 is 8.78 Å². The third kappa shape index (κ3) is 4.13. The average molecular weight is 429 g/mol. The standard InChI is InChI=1S/C22H34F2N2O4/c1-18(2)11-19(3,4)13-21(29,12-18)22(23,24)17(27)26-9-7-8-15(26)14-10-16(30-25-14)20(5,6)28/h10,15,28-29H,7-9,11-13H2,1-6H3/t15-/m0/s1. The van der Waals surface area contributed by atoms with Crippen LogP contribution >= 0.6 is 0 Å². The van der Waals surface area contributed by atoms with Crippen LogP contribution in [-0.2, 0) is 10.4 Å². The van der Waals surface area contributed by atoms with Gasteiger partial charge in [-0.3, -0.25) is 4.79 Å². The predicted octanol–water partition coefficient (Wildman–Crippen LogP) is 4.17. The highest BCUT2D eigenvalue weighted by Crippen LogP contribution is 2.55. The highest BCUT2D eigenvalue weighted by atomic mass is 19.3. The molecule has 1 aromatic heterocycles. The van der Waals surface area contributed by atoms with Gasteiger partial charge in [-0.05, 0) is 56.8 Å². The lowest BCUT2D eigenvalue weighted by Gasteiger charge is -2.51. The second-order valence-corrected chi connectivity index (χ2v) is 11.3. The van der Waals surface area contributed by atoms with E-state index < -0.39 is 39.9 Å². The van der Waals surface area contributed by atoms with Gasteiger partial charge in [0.1, 0.15) is 16.9 Å². The van der Waals surface area contributed by atoms with E-state index in [1.54, 1.807) is 0 Å². The minimum absolute atomic E-state index is 0.145. The summed E-state index contributed by atoms with van der Waals surface area (Å²) < 4.78 is 36.3. The molecule has 3 rings (SSSR count). The molecule has 6 nitrogen and oxygen atoms in total. The number of carbonyl (C=O) groups excluding carboxylic acids is 1. The largest absolute Gasteiger partial charge is 0.383 e. The maximum atomic E-state index is 15.6. The molecule has 2 fully saturated rings. The van der Waals surface area contributed by atoms with Crippen molar-refractivity contribution in [3.63, 3.8) is 0 Å². The molecule has 0 unspecified atom stereocenters. The lowest BCUT2D eigenvalue weighted by Crippen LogP contribution is -2.62. The van der Waals surface area contributed by atoms with E-state index in [9.17, 15) is 15.0 Å². The number of nitrogens with zero attached hydrogens (tertiary/aromatic N) is 2. The summed E-state index contributed by atoms with van der Waals surface area (Å²) >= 11 is 0. The second kappa shape index (κ2) is 6.99. The van der Waals surface area contributed by atoms with Gasteiger partial charge in [-0.2, -0.15) is 8.78 Å². The summed E-state index contributed by atoms with van der Waals surface area (Å²) in [5, 5.41) is 25.1. The highest BCUT2D eigenvalue weighted by molar-refractivity contribution is 5.85. The van der Waals surface area contributed by atoms with Crippen molar-refractivity contribution in [1.82, 2.24) is 10.1 Å². The summed E-state index contributed by atoms with van der Waals surface area (Å²) in [6.07, 6.45) is 1.42. The van der Waals surface area contributed by atoms with Gasteiger partial charge in [0.25, 0.3) is 5.91 Å². The maximum absolute atomic E-state index is 15.6. The van der Waals surface area contributed by atoms with E-state index in [0.717, 1.165) is 4.90 Å². The van der Waals surface area contributed by atoms with Crippen LogP contribution in [0.2, 0.25) is 0 Å². The predicted molar refractivity (Wildman–Crippen MR) is 107 cm³/mol. The van der Waals surface area contributed by atoms with E-state index in [-0.39, 0.29) is 25.1 Å². The minimum Gasteiger partial charge on any atom is -0.383 e. The van der Waals surface area contributed by atoms with Crippen LogP contribution in [0.4, 0.5) is 8.78 Å². The molecule has 2 heterocycles. The minimum atomic E-state index is -3.92. The van der Waals surface area contributed by atoms with E-state index in [2.05, 4.69) is 5.16 Å². The molecule has 1 saturated carbocycles. The topological polar surface area (TPSA) is 86.8 Å². The molecule has 1 saturated heterocycles. The van der Waals surface area contributed by atoms with Crippen LogP contribution in [0.1, 0.15) is 91.1 Å². The molecule has 170 valence electrons. The number of carbonyl (C=O) groups is 1. The monoisotopic (exact) mass is 428 g/mol. The highest BCUT2D eigenvalue weighted by Gasteiger charge is 2.65. The van der Waals surface area contributed by atoms with Gasteiger partial charge in [-0.1, -0.05) is 32.9 Å². The fraction of sp³-hybridized carbons (Fsp3) is 0.818. The van der Waals surface area contributed by atoms with Gasteiger partial charge in [0.05, 0.1) is 6.04 Å². The molecule has 0 aromatic carbocycles. The first-order chi connectivity index (χ1) is 13.5. The van der Waals surface area contributed by atoms with Gasteiger partial charge < -0.3 is 19.6 Å². The van der Waals surface area contributed by atoms with E-state index in [1.165, 1.54) is 19.9 Å². The molecule has 1 amide bonds. The quantitative estimate of drug-likeness (QED) is 0.752. The lowest BCUT2D eigenvalue weighted by atomic mass is 9.58. The van der Waals surface area contributed by atoms with Crippen LogP contribution in [-0.4, -0.2) is 44.2 Å². The molecule has 1 aromatic rings. The van der Waals surface area contributed by atoms with Crippen molar-refractivity contribution in [3.8, 4) is 0 Å². The van der Waals surface area contributed by atoms with Crippen LogP contribution in [0.25, 0.3) is 0 Å². The Labute approximate surface area is 176 Å². The SMILES string of the molecule is CC1(C)CC(C)(C)CC(O)(C(F)(F)C(=O)N2CCC[C@H]2c2cc(C(C)(C)O)on2)C1. The van der Waals surface area contributed by atoms with Crippen LogP contribution in [0, 0.1) is 10.8 Å². The zero-order valence-electron chi connectivity index (χ0n) is 18.8. The van der Waals surface area contributed by atoms with E-state index in [4.69, 9.17) is 4.52 Å². The molecule has 0 spiro atoms. The third-order valence-electron chi connectivity index (χ3n) is 6.34. The molecular formula is C22H34F2N2O4. The second-order valence-electron chi connectivity index (χ2n) is 11.3. The van der Waals surface area contributed by atoms with Crippen LogP contribution in [0.15, 0.2) is 10.6 Å². The van der Waals surface area contributed by atoms with Crippen molar-refractivity contribution in [2.45, 2.75) is 96.8 Å². The Kier molecular flexibility index (Phi) is 5.39. The smallest absolute Gasteiger partial charge is 0.352 e. The van der Waals surface area contributed by atoms with Gasteiger partial charge in [0.15, 0.2) is 5.76 Å². The Bertz CT molecular complexity index is 794. The summed E-state index contributed by atoms with van der Waals surface area (Å²) in [5.41, 5.74) is -4.37. The van der Waals surface area contributed by atoms with Crippen molar-refractivity contribution < 1.29 is 28.3 Å². The van der Waals surface area contributed by atoms with Crippen molar-refractivity contribution in [2.75, 3.05) is 6.54 Å². The van der Waals surface area contributed by atoms with Crippen LogP contribution < -0.4 is 0 Å². The van der Waals surface area contributed by atoms with Crippen molar-refractivity contribution >= 4 is 5.91 Å². The molecule has 0 radical (unpaired) electrons. The van der Waals surface area contributed by atoms with Gasteiger partial charge in [0, 0.05) is 12.6 Å². The number of hydrogen-bond acceptors (Lipinski definition) is 5. The molecule has 1 atom stereocenters. The molecular weight excluding hydrogens is 394 g/mol. The summed E-state index contributed by atoms with van der Waals surface area (Å²) in [7, 11) is 0. The Morgan fingerprint density at radius 1 is 1.20 bits per heavy atom. The van der Waals surface area contributed by atoms with Crippen molar-refractivity contribution in [1.29, 1.82) is 0 Å². The molecule has 1 aliphatic heterocycles. The van der Waals surface area contributed by atoms with Gasteiger partial charge in [-0.25, -0.2) is 0 Å². The Morgan fingerprint density at radius 2 is 1.77 bits per heavy atom. The normalized spacial score (nSPS) is 26.1. The molecule has 0 bridgehead atoms. The molecule has 8 heteroatoms. The summed E-state index contributed by atoms with van der Waals surface area (Å²) in [6.45, 7) is 10.6. The molecule has 30 heavy (non-hydrogen) atoms. The molecule has 1 aliphatic carbocycles. The maximum Gasteiger partial charge on any atom is 0.352 e. The zero-order valence-corrected chi connectivity index (χ0v) is 18.8. The number of aromatic nitrogens is 1. The van der Waals surface area contributed by atoms with Gasteiger partial charge >= 0.3 is 5.92 Å². The average Bonchev–Trinajstić information content (AvgIpc) is 3.18. The number of likely N-dealkylation sites (tertiary alicyclic amines) is 1. The zero-order chi connectivity index (χ0) is 22.8. The van der Waals surface area contributed by atoms with E-state index in [1.807, 2.05) is 27.7 Å². The summed E-state index contributed by atoms with van der Waals surface area (Å²) in [4.78, 5) is 14.2. The number of hydrogen-bond donors (Lipinski definition) is 2. The first-order valence-corrected chi connectivity index (χ1v) is 10.6. The first kappa shape index (κ1) is 23.1. The van der Waals surface area contributed by atoms with E-state index in [0.29, 0.717) is 25.0 Å². The number of alkyl halides is 2. The van der Waals surface area contributed by atoms with Crippen molar-refractivity contribution in [3.05, 3.63) is 17.5 Å². The number of rotatable bonds is 4. The summed E-state index contributed by atoms with van der Waals surface area (Å²) in [6, 6.07) is 0.840. The Hall–Kier alpha value is -1.54. The third-order valence-corrected chi connectivity index (χ3v) is 6.34. The molecule has 2 N–H and O–H groups in total. The van der Waals surface area contributed by atoms with Crippen LogP contribution in [0.3, 0.4) is 0 Å². The first-order valence-electron chi connectivity index (χ1n) is 10.6. The fourth-order valence-corrected chi connectivity index (χ4v) is 5.72. The van der Waals surface area contributed by atoms with Gasteiger partial charge in [0.2, 0.25) is 0 Å². The Morgan fingerprint density at radius 3 is 2.27 bits per heavy atom. The number of aliphatic hydroxyl groups is 2. The number of amides is 1. The molecule has 2 aliphatic rings. The number of halogens is 2. The van der Waals surface area contributed by atoms with Crippen molar-refractivity contribution in [2.24, 2.45) is 10.8 Å². The Balaban J connectivity index is 1.89. The van der Waals surface area contributed by atoms with Gasteiger partial charge in [-0.15, -0.1) is 0 Å². The van der Waals surface area contributed by atoms with Crippen LogP contribution in [0.5, 0.6) is 0 Å². The summed E-state index contributed by atoms with van der Waals surface area (Å²) in [5.74, 6) is -5.08.